The molecule has 6 nitrogen and oxygen atoms in total. The third-order valence-electron chi connectivity index (χ3n) is 3.48. The molecule has 0 aliphatic rings. The first-order valence-electron chi connectivity index (χ1n) is 6.65. The topological polar surface area (TPSA) is 90.0 Å². The summed E-state index contributed by atoms with van der Waals surface area (Å²) < 4.78 is 29.2. The molecule has 0 fully saturated rings. The molecule has 2 rings (SSSR count). The number of anilines is 1. The van der Waals surface area contributed by atoms with Gasteiger partial charge < -0.3 is 5.73 Å². The van der Waals surface area contributed by atoms with Crippen molar-refractivity contribution in [2.24, 2.45) is 7.05 Å². The molecule has 0 unspecified atom stereocenters. The third kappa shape index (κ3) is 3.25. The number of hydrogen-bond donors (Lipinski definition) is 2. The van der Waals surface area contributed by atoms with Gasteiger partial charge in [0.05, 0.1) is 5.69 Å². The molecule has 3 N–H and O–H groups in total. The van der Waals surface area contributed by atoms with Gasteiger partial charge in [0.15, 0.2) is 0 Å². The van der Waals surface area contributed by atoms with E-state index in [-0.39, 0.29) is 4.90 Å². The van der Waals surface area contributed by atoms with Crippen LogP contribution in [0, 0.1) is 13.8 Å². The molecule has 1 heterocycles. The lowest BCUT2D eigenvalue weighted by atomic mass is 10.1. The van der Waals surface area contributed by atoms with Gasteiger partial charge in [0.1, 0.15) is 4.90 Å². The Hall–Kier alpha value is -1.86. The summed E-state index contributed by atoms with van der Waals surface area (Å²) in [6, 6.07) is 5.45. The van der Waals surface area contributed by atoms with Crippen molar-refractivity contribution >= 4 is 15.7 Å². The van der Waals surface area contributed by atoms with Crippen molar-refractivity contribution in [3.8, 4) is 0 Å². The maximum absolute atomic E-state index is 12.4. The van der Waals surface area contributed by atoms with Crippen LogP contribution in [0.4, 0.5) is 5.69 Å². The van der Waals surface area contributed by atoms with E-state index in [0.717, 1.165) is 11.3 Å². The van der Waals surface area contributed by atoms with E-state index in [4.69, 9.17) is 5.73 Å². The van der Waals surface area contributed by atoms with Crippen LogP contribution in [0.25, 0.3) is 0 Å². The molecular formula is C14H20N4O2S. The minimum Gasteiger partial charge on any atom is -0.397 e. The van der Waals surface area contributed by atoms with Crippen LogP contribution in [0.3, 0.4) is 0 Å². The Morgan fingerprint density at radius 3 is 2.52 bits per heavy atom. The van der Waals surface area contributed by atoms with Crippen molar-refractivity contribution in [1.82, 2.24) is 14.5 Å². The fourth-order valence-corrected chi connectivity index (χ4v) is 3.65. The van der Waals surface area contributed by atoms with E-state index < -0.39 is 10.0 Å². The number of nitrogens with two attached hydrogens (primary N) is 1. The smallest absolute Gasteiger partial charge is 0.242 e. The molecule has 0 saturated carbocycles. The van der Waals surface area contributed by atoms with E-state index in [1.807, 2.05) is 19.2 Å². The molecule has 114 valence electrons. The van der Waals surface area contributed by atoms with E-state index in [9.17, 15) is 8.42 Å². The van der Waals surface area contributed by atoms with Crippen LogP contribution in [0.15, 0.2) is 29.3 Å². The van der Waals surface area contributed by atoms with Gasteiger partial charge in [0.25, 0.3) is 0 Å². The Kier molecular flexibility index (Phi) is 4.34. The number of nitrogens with zero attached hydrogens (tertiary/aromatic N) is 2. The average Bonchev–Trinajstić information content (AvgIpc) is 2.80. The van der Waals surface area contributed by atoms with Crippen molar-refractivity contribution in [2.45, 2.75) is 25.2 Å². The van der Waals surface area contributed by atoms with E-state index in [0.29, 0.717) is 24.2 Å². The highest BCUT2D eigenvalue weighted by Gasteiger charge is 2.20. The number of nitrogen functional groups attached to an aromatic ring is 1. The zero-order chi connectivity index (χ0) is 15.6. The normalized spacial score (nSPS) is 11.8. The molecule has 0 amide bonds. The SMILES string of the molecule is Cc1ccc(C)c(S(=O)(=O)NCCc2ccnn2C)c1N. The van der Waals surface area contributed by atoms with Crippen molar-refractivity contribution in [2.75, 3.05) is 12.3 Å². The second-order valence-electron chi connectivity index (χ2n) is 5.04. The number of aryl methyl sites for hydroxylation is 3. The first-order valence-corrected chi connectivity index (χ1v) is 8.13. The van der Waals surface area contributed by atoms with E-state index in [2.05, 4.69) is 9.82 Å². The molecule has 0 spiro atoms. The minimum atomic E-state index is -3.61. The summed E-state index contributed by atoms with van der Waals surface area (Å²) in [6.45, 7) is 3.84. The summed E-state index contributed by atoms with van der Waals surface area (Å²) in [5.74, 6) is 0. The molecule has 2 aromatic rings. The maximum Gasteiger partial charge on any atom is 0.242 e. The average molecular weight is 308 g/mol. The number of benzene rings is 1. The summed E-state index contributed by atoms with van der Waals surface area (Å²) in [5, 5.41) is 4.05. The molecule has 1 aromatic carbocycles. The molecular weight excluding hydrogens is 288 g/mol. The van der Waals surface area contributed by atoms with Gasteiger partial charge in [0.2, 0.25) is 10.0 Å². The zero-order valence-electron chi connectivity index (χ0n) is 12.4. The van der Waals surface area contributed by atoms with Gasteiger partial charge >= 0.3 is 0 Å². The molecule has 21 heavy (non-hydrogen) atoms. The predicted octanol–water partition coefficient (Wildman–Crippen LogP) is 1.14. The zero-order valence-corrected chi connectivity index (χ0v) is 13.2. The van der Waals surface area contributed by atoms with Gasteiger partial charge in [-0.15, -0.1) is 0 Å². The monoisotopic (exact) mass is 308 g/mol. The Labute approximate surface area is 125 Å². The lowest BCUT2D eigenvalue weighted by molar-refractivity contribution is 0.579. The molecule has 0 bridgehead atoms. The summed E-state index contributed by atoms with van der Waals surface area (Å²) in [7, 11) is -1.79. The Morgan fingerprint density at radius 2 is 1.90 bits per heavy atom. The molecule has 0 aliphatic heterocycles. The van der Waals surface area contributed by atoms with Gasteiger partial charge in [-0.25, -0.2) is 13.1 Å². The Balaban J connectivity index is 2.16. The van der Waals surface area contributed by atoms with Gasteiger partial charge in [0, 0.05) is 31.9 Å². The number of hydrogen-bond acceptors (Lipinski definition) is 4. The van der Waals surface area contributed by atoms with E-state index in [1.165, 1.54) is 0 Å². The molecule has 0 atom stereocenters. The van der Waals surface area contributed by atoms with Crippen molar-refractivity contribution in [1.29, 1.82) is 0 Å². The van der Waals surface area contributed by atoms with Gasteiger partial charge in [-0.05, 0) is 31.0 Å². The highest BCUT2D eigenvalue weighted by molar-refractivity contribution is 7.89. The minimum absolute atomic E-state index is 0.174. The molecule has 7 heteroatoms. The van der Waals surface area contributed by atoms with Crippen LogP contribution in [0.1, 0.15) is 16.8 Å². The van der Waals surface area contributed by atoms with Crippen LogP contribution in [0.2, 0.25) is 0 Å². The quantitative estimate of drug-likeness (QED) is 0.811. The van der Waals surface area contributed by atoms with E-state index in [1.54, 1.807) is 30.8 Å². The van der Waals surface area contributed by atoms with Gasteiger partial charge in [-0.1, -0.05) is 12.1 Å². The Morgan fingerprint density at radius 1 is 1.24 bits per heavy atom. The van der Waals surface area contributed by atoms with Crippen LogP contribution in [0.5, 0.6) is 0 Å². The van der Waals surface area contributed by atoms with Crippen molar-refractivity contribution in [3.63, 3.8) is 0 Å². The second kappa shape index (κ2) is 5.87. The fourth-order valence-electron chi connectivity index (χ4n) is 2.20. The fraction of sp³-hybridized carbons (Fsp3) is 0.357. The highest BCUT2D eigenvalue weighted by Crippen LogP contribution is 2.25. The second-order valence-corrected chi connectivity index (χ2v) is 6.74. The first-order chi connectivity index (χ1) is 9.83. The maximum atomic E-state index is 12.4. The predicted molar refractivity (Wildman–Crippen MR) is 82.4 cm³/mol. The van der Waals surface area contributed by atoms with Crippen LogP contribution in [-0.2, 0) is 23.5 Å². The van der Waals surface area contributed by atoms with Gasteiger partial charge in [-0.2, -0.15) is 5.10 Å². The number of rotatable bonds is 5. The molecule has 1 aromatic heterocycles. The summed E-state index contributed by atoms with van der Waals surface area (Å²) in [4.78, 5) is 0.174. The Bertz CT molecular complexity index is 750. The third-order valence-corrected chi connectivity index (χ3v) is 5.14. The van der Waals surface area contributed by atoms with Crippen molar-refractivity contribution < 1.29 is 8.42 Å². The molecule has 0 aliphatic carbocycles. The van der Waals surface area contributed by atoms with E-state index >= 15 is 0 Å². The number of aromatic nitrogens is 2. The number of nitrogens with one attached hydrogen (secondary N) is 1. The molecule has 0 saturated heterocycles. The molecule has 0 radical (unpaired) electrons. The summed E-state index contributed by atoms with van der Waals surface area (Å²) in [6.07, 6.45) is 2.26. The van der Waals surface area contributed by atoms with Crippen molar-refractivity contribution in [3.05, 3.63) is 41.2 Å². The van der Waals surface area contributed by atoms with Crippen LogP contribution < -0.4 is 10.5 Å². The first kappa shape index (κ1) is 15.5. The number of sulfonamides is 1. The van der Waals surface area contributed by atoms with Gasteiger partial charge in [-0.3, -0.25) is 4.68 Å². The highest BCUT2D eigenvalue weighted by atomic mass is 32.2. The summed E-state index contributed by atoms with van der Waals surface area (Å²) >= 11 is 0. The van der Waals surface area contributed by atoms with Crippen LogP contribution >= 0.6 is 0 Å². The summed E-state index contributed by atoms with van der Waals surface area (Å²) in [5.41, 5.74) is 8.60. The largest absolute Gasteiger partial charge is 0.397 e. The lowest BCUT2D eigenvalue weighted by Gasteiger charge is -2.13. The standard InChI is InChI=1S/C14H20N4O2S/c1-10-4-5-11(2)14(13(10)15)21(19,20)17-9-7-12-6-8-16-18(12)3/h4-6,8,17H,7,9,15H2,1-3H3. The lowest BCUT2D eigenvalue weighted by Crippen LogP contribution is -2.28. The van der Waals surface area contributed by atoms with Crippen LogP contribution in [-0.4, -0.2) is 24.7 Å².